The Balaban J connectivity index is 1.87. The molecule has 0 aliphatic rings. The van der Waals surface area contributed by atoms with Crippen molar-refractivity contribution in [3.8, 4) is 0 Å². The van der Waals surface area contributed by atoms with Crippen LogP contribution in [0.5, 0.6) is 0 Å². The van der Waals surface area contributed by atoms with Crippen molar-refractivity contribution in [1.82, 2.24) is 14.9 Å². The highest BCUT2D eigenvalue weighted by atomic mass is 19.1. The lowest BCUT2D eigenvalue weighted by Crippen LogP contribution is -2.28. The Morgan fingerprint density at radius 2 is 2.19 bits per heavy atom. The maximum absolute atomic E-state index is 13.4. The zero-order valence-corrected chi connectivity index (χ0v) is 11.7. The van der Waals surface area contributed by atoms with Gasteiger partial charge in [-0.25, -0.2) is 4.39 Å². The first-order valence-corrected chi connectivity index (χ1v) is 6.64. The number of nitrogens with one attached hydrogen (secondary N) is 1. The first kappa shape index (κ1) is 14.9. The lowest BCUT2D eigenvalue weighted by atomic mass is 10.2. The van der Waals surface area contributed by atoms with Gasteiger partial charge in [0.1, 0.15) is 0 Å². The first-order chi connectivity index (χ1) is 10.1. The molecule has 0 saturated heterocycles. The fraction of sp³-hybridized carbons (Fsp3) is 0.267. The Hall–Kier alpha value is -2.50. The monoisotopic (exact) mass is 289 g/mol. The Labute approximate surface area is 121 Å². The fourth-order valence-corrected chi connectivity index (χ4v) is 2.00. The van der Waals surface area contributed by atoms with Gasteiger partial charge in [0.2, 0.25) is 0 Å². The number of carbonyl (C=O) groups is 1. The molecule has 0 bridgehead atoms. The number of pyridine rings is 2. The van der Waals surface area contributed by atoms with E-state index in [9.17, 15) is 14.0 Å². The topological polar surface area (TPSA) is 64.0 Å². The summed E-state index contributed by atoms with van der Waals surface area (Å²) in [6.07, 6.45) is 2.95. The van der Waals surface area contributed by atoms with Crippen LogP contribution in [-0.4, -0.2) is 22.0 Å². The van der Waals surface area contributed by atoms with Gasteiger partial charge in [-0.15, -0.1) is 0 Å². The fourth-order valence-electron chi connectivity index (χ4n) is 2.00. The van der Waals surface area contributed by atoms with Crippen molar-refractivity contribution in [1.29, 1.82) is 0 Å². The Morgan fingerprint density at radius 1 is 1.38 bits per heavy atom. The number of nitrogens with zero attached hydrogens (tertiary/aromatic N) is 2. The molecule has 1 N–H and O–H groups in total. The molecule has 0 fully saturated rings. The summed E-state index contributed by atoms with van der Waals surface area (Å²) in [5, 5.41) is 2.63. The van der Waals surface area contributed by atoms with E-state index in [-0.39, 0.29) is 11.1 Å². The standard InChI is InChI=1S/C15H16FN3O2/c1-11-4-2-5-14(20)19(11)9-3-7-18-15(21)12-6-8-17-10-13(12)16/h2,4-6,8,10H,3,7,9H2,1H3,(H,18,21). The van der Waals surface area contributed by atoms with E-state index < -0.39 is 11.7 Å². The van der Waals surface area contributed by atoms with E-state index in [0.717, 1.165) is 11.9 Å². The molecule has 0 radical (unpaired) electrons. The summed E-state index contributed by atoms with van der Waals surface area (Å²) < 4.78 is 15.0. The molecule has 110 valence electrons. The van der Waals surface area contributed by atoms with Crippen LogP contribution in [0, 0.1) is 12.7 Å². The average molecular weight is 289 g/mol. The molecular formula is C15H16FN3O2. The normalized spacial score (nSPS) is 10.4. The molecule has 0 atom stereocenters. The molecule has 6 heteroatoms. The van der Waals surface area contributed by atoms with Gasteiger partial charge < -0.3 is 9.88 Å². The van der Waals surface area contributed by atoms with E-state index >= 15 is 0 Å². The molecule has 0 spiro atoms. The summed E-state index contributed by atoms with van der Waals surface area (Å²) in [4.78, 5) is 27.0. The molecule has 2 heterocycles. The van der Waals surface area contributed by atoms with Crippen LogP contribution in [0.1, 0.15) is 22.5 Å². The number of aromatic nitrogens is 2. The quantitative estimate of drug-likeness (QED) is 0.849. The Morgan fingerprint density at radius 3 is 2.90 bits per heavy atom. The van der Waals surface area contributed by atoms with E-state index in [2.05, 4.69) is 10.3 Å². The van der Waals surface area contributed by atoms with Gasteiger partial charge in [0, 0.05) is 31.0 Å². The van der Waals surface area contributed by atoms with Gasteiger partial charge in [-0.3, -0.25) is 14.6 Å². The van der Waals surface area contributed by atoms with E-state index in [1.807, 2.05) is 13.0 Å². The summed E-state index contributed by atoms with van der Waals surface area (Å²) in [5.74, 6) is -1.13. The van der Waals surface area contributed by atoms with Gasteiger partial charge in [-0.2, -0.15) is 0 Å². The van der Waals surface area contributed by atoms with Crippen LogP contribution in [-0.2, 0) is 6.54 Å². The van der Waals surface area contributed by atoms with Crippen molar-refractivity contribution < 1.29 is 9.18 Å². The summed E-state index contributed by atoms with van der Waals surface area (Å²) in [7, 11) is 0. The number of hydrogen-bond donors (Lipinski definition) is 1. The van der Waals surface area contributed by atoms with E-state index in [1.54, 1.807) is 10.6 Å². The maximum Gasteiger partial charge on any atom is 0.254 e. The van der Waals surface area contributed by atoms with Crippen LogP contribution >= 0.6 is 0 Å². The Kier molecular flexibility index (Phi) is 4.81. The number of rotatable bonds is 5. The van der Waals surface area contributed by atoms with Crippen molar-refractivity contribution in [2.45, 2.75) is 19.9 Å². The van der Waals surface area contributed by atoms with E-state index in [4.69, 9.17) is 0 Å². The second kappa shape index (κ2) is 6.78. The van der Waals surface area contributed by atoms with Gasteiger partial charge >= 0.3 is 0 Å². The van der Waals surface area contributed by atoms with Crippen LogP contribution in [0.3, 0.4) is 0 Å². The molecule has 5 nitrogen and oxygen atoms in total. The van der Waals surface area contributed by atoms with Crippen molar-refractivity contribution in [3.63, 3.8) is 0 Å². The molecule has 21 heavy (non-hydrogen) atoms. The zero-order chi connectivity index (χ0) is 15.2. The number of aryl methyl sites for hydroxylation is 1. The summed E-state index contributed by atoms with van der Waals surface area (Å²) in [5.41, 5.74) is 0.772. The van der Waals surface area contributed by atoms with Crippen molar-refractivity contribution in [3.05, 3.63) is 64.1 Å². The lowest BCUT2D eigenvalue weighted by Gasteiger charge is -2.10. The molecule has 0 saturated carbocycles. The van der Waals surface area contributed by atoms with Crippen LogP contribution < -0.4 is 10.9 Å². The maximum atomic E-state index is 13.4. The van der Waals surface area contributed by atoms with Crippen molar-refractivity contribution in [2.75, 3.05) is 6.54 Å². The highest BCUT2D eigenvalue weighted by Crippen LogP contribution is 2.03. The molecule has 1 amide bonds. The van der Waals surface area contributed by atoms with Crippen LogP contribution in [0.15, 0.2) is 41.5 Å². The number of carbonyl (C=O) groups excluding carboxylic acids is 1. The third-order valence-corrected chi connectivity index (χ3v) is 3.13. The zero-order valence-electron chi connectivity index (χ0n) is 11.7. The molecule has 0 unspecified atom stereocenters. The second-order valence-corrected chi connectivity index (χ2v) is 4.62. The molecule has 2 rings (SSSR count). The molecule has 2 aromatic rings. The van der Waals surface area contributed by atoms with Crippen molar-refractivity contribution in [2.24, 2.45) is 0 Å². The van der Waals surface area contributed by atoms with Gasteiger partial charge in [0.05, 0.1) is 11.8 Å². The number of amides is 1. The highest BCUT2D eigenvalue weighted by molar-refractivity contribution is 5.94. The van der Waals surface area contributed by atoms with Gasteiger partial charge in [-0.05, 0) is 25.5 Å². The predicted molar refractivity (Wildman–Crippen MR) is 76.6 cm³/mol. The number of halogens is 1. The Bertz CT molecular complexity index is 697. The molecule has 0 aliphatic carbocycles. The van der Waals surface area contributed by atoms with E-state index in [1.165, 1.54) is 18.3 Å². The molecule has 2 aromatic heterocycles. The van der Waals surface area contributed by atoms with Crippen LogP contribution in [0.25, 0.3) is 0 Å². The highest BCUT2D eigenvalue weighted by Gasteiger charge is 2.10. The van der Waals surface area contributed by atoms with Crippen LogP contribution in [0.2, 0.25) is 0 Å². The summed E-state index contributed by atoms with van der Waals surface area (Å²) >= 11 is 0. The van der Waals surface area contributed by atoms with Crippen molar-refractivity contribution >= 4 is 5.91 Å². The van der Waals surface area contributed by atoms with Gasteiger partial charge in [0.25, 0.3) is 11.5 Å². The largest absolute Gasteiger partial charge is 0.352 e. The minimum atomic E-state index is -0.648. The minimum absolute atomic E-state index is 0.0296. The second-order valence-electron chi connectivity index (χ2n) is 4.62. The SMILES string of the molecule is Cc1cccc(=O)n1CCCNC(=O)c1ccncc1F. The predicted octanol–water partition coefficient (Wildman–Crippen LogP) is 1.51. The summed E-state index contributed by atoms with van der Waals surface area (Å²) in [6, 6.07) is 6.39. The summed E-state index contributed by atoms with van der Waals surface area (Å²) in [6.45, 7) is 2.72. The molecular weight excluding hydrogens is 273 g/mol. The van der Waals surface area contributed by atoms with Gasteiger partial charge in [-0.1, -0.05) is 6.07 Å². The minimum Gasteiger partial charge on any atom is -0.352 e. The lowest BCUT2D eigenvalue weighted by molar-refractivity contribution is 0.0948. The molecule has 0 aliphatic heterocycles. The third-order valence-electron chi connectivity index (χ3n) is 3.13. The number of hydrogen-bond acceptors (Lipinski definition) is 3. The third kappa shape index (κ3) is 3.75. The van der Waals surface area contributed by atoms with Crippen LogP contribution in [0.4, 0.5) is 4.39 Å². The average Bonchev–Trinajstić information content (AvgIpc) is 2.46. The van der Waals surface area contributed by atoms with Gasteiger partial charge in [0.15, 0.2) is 5.82 Å². The van der Waals surface area contributed by atoms with E-state index in [0.29, 0.717) is 19.5 Å². The smallest absolute Gasteiger partial charge is 0.254 e. The first-order valence-electron chi connectivity index (χ1n) is 6.64. The molecule has 0 aromatic carbocycles.